The Labute approximate surface area is 160 Å². The molecule has 2 aromatic rings. The number of para-hydroxylation sites is 1. The van der Waals surface area contributed by atoms with Gasteiger partial charge < -0.3 is 15.5 Å². The normalized spacial score (nSPS) is 20.6. The summed E-state index contributed by atoms with van der Waals surface area (Å²) in [6.07, 6.45) is 5.99. The van der Waals surface area contributed by atoms with Crippen LogP contribution in [0.5, 0.6) is 0 Å². The number of nitrogens with zero attached hydrogens (tertiary/aromatic N) is 3. The lowest BCUT2D eigenvalue weighted by Gasteiger charge is -2.35. The number of hydrogen-bond donors (Lipinski definition) is 2. The van der Waals surface area contributed by atoms with Crippen LogP contribution in [-0.2, 0) is 0 Å². The van der Waals surface area contributed by atoms with Crippen molar-refractivity contribution >= 4 is 23.4 Å². The highest BCUT2D eigenvalue weighted by Gasteiger charge is 2.23. The van der Waals surface area contributed by atoms with Gasteiger partial charge in [-0.15, -0.1) is 0 Å². The largest absolute Gasteiger partial charge is 0.371 e. The molecule has 1 aromatic heterocycles. The maximum absolute atomic E-state index is 13.0. The number of piperidine rings is 1. The standard InChI is InChI=1S/C21H27N5O/c1-15-13-19-24-20(27)17-9-2-3-10-18(17)26-12-6-8-16(14-26)7-4-5-11-22-21(23-15)25-19/h2-3,9-10,13,16H,4-8,11-12,14H2,1H3,(H2,22,23,24,25,27). The Morgan fingerprint density at radius 1 is 1.11 bits per heavy atom. The zero-order chi connectivity index (χ0) is 18.6. The predicted octanol–water partition coefficient (Wildman–Crippen LogP) is 3.85. The Morgan fingerprint density at radius 2 is 1.96 bits per heavy atom. The van der Waals surface area contributed by atoms with E-state index in [2.05, 4.69) is 31.6 Å². The molecular weight excluding hydrogens is 338 g/mol. The number of hydrogen-bond acceptors (Lipinski definition) is 5. The number of fused-ring (bicyclic) bond motifs is 6. The van der Waals surface area contributed by atoms with E-state index in [-0.39, 0.29) is 5.91 Å². The van der Waals surface area contributed by atoms with Crippen molar-refractivity contribution in [1.29, 1.82) is 0 Å². The summed E-state index contributed by atoms with van der Waals surface area (Å²) in [5, 5.41) is 6.27. The smallest absolute Gasteiger partial charge is 0.258 e. The van der Waals surface area contributed by atoms with E-state index in [9.17, 15) is 4.79 Å². The molecule has 6 nitrogen and oxygen atoms in total. The second-order valence-corrected chi connectivity index (χ2v) is 7.57. The number of amides is 1. The summed E-state index contributed by atoms with van der Waals surface area (Å²) in [6, 6.07) is 9.71. The zero-order valence-electron chi connectivity index (χ0n) is 15.9. The Morgan fingerprint density at radius 3 is 2.89 bits per heavy atom. The van der Waals surface area contributed by atoms with Gasteiger partial charge in [0.05, 0.1) is 5.56 Å². The third kappa shape index (κ3) is 4.21. The number of aromatic nitrogens is 2. The van der Waals surface area contributed by atoms with Crippen LogP contribution in [0.3, 0.4) is 0 Å². The predicted molar refractivity (Wildman–Crippen MR) is 108 cm³/mol. The molecule has 4 rings (SSSR count). The van der Waals surface area contributed by atoms with Crippen LogP contribution in [0.4, 0.5) is 17.5 Å². The molecule has 6 heteroatoms. The van der Waals surface area contributed by atoms with Gasteiger partial charge in [0.1, 0.15) is 5.82 Å². The van der Waals surface area contributed by atoms with Gasteiger partial charge in [-0.2, -0.15) is 4.98 Å². The topological polar surface area (TPSA) is 70.2 Å². The van der Waals surface area contributed by atoms with Gasteiger partial charge in [0.25, 0.3) is 5.91 Å². The Hall–Kier alpha value is -2.63. The minimum Gasteiger partial charge on any atom is -0.371 e. The monoisotopic (exact) mass is 365 g/mol. The molecule has 2 N–H and O–H groups in total. The van der Waals surface area contributed by atoms with Crippen molar-refractivity contribution in [3.63, 3.8) is 0 Å². The zero-order valence-corrected chi connectivity index (χ0v) is 15.9. The SMILES string of the molecule is Cc1cc2nc(n1)NCCCCC1CCCN(C1)c1ccccc1C(=O)N2. The van der Waals surface area contributed by atoms with Gasteiger partial charge in [-0.3, -0.25) is 4.79 Å². The maximum Gasteiger partial charge on any atom is 0.258 e. The first-order valence-electron chi connectivity index (χ1n) is 9.94. The van der Waals surface area contributed by atoms with Crippen molar-refractivity contribution in [2.24, 2.45) is 5.92 Å². The summed E-state index contributed by atoms with van der Waals surface area (Å²) in [4.78, 5) is 24.3. The quantitative estimate of drug-likeness (QED) is 0.742. The second kappa shape index (κ2) is 7.94. The van der Waals surface area contributed by atoms with Crippen LogP contribution in [0.15, 0.2) is 30.3 Å². The molecule has 0 aliphatic carbocycles. The Bertz CT molecular complexity index is 822. The van der Waals surface area contributed by atoms with Gasteiger partial charge in [-0.25, -0.2) is 4.98 Å². The first-order chi connectivity index (χ1) is 13.2. The van der Waals surface area contributed by atoms with E-state index in [1.54, 1.807) is 6.07 Å². The van der Waals surface area contributed by atoms with Crippen LogP contribution in [0.25, 0.3) is 0 Å². The summed E-state index contributed by atoms with van der Waals surface area (Å²) in [7, 11) is 0. The molecule has 27 heavy (non-hydrogen) atoms. The minimum absolute atomic E-state index is 0.119. The third-order valence-corrected chi connectivity index (χ3v) is 5.43. The average Bonchev–Trinajstić information content (AvgIpc) is 2.67. The van der Waals surface area contributed by atoms with E-state index >= 15 is 0 Å². The van der Waals surface area contributed by atoms with E-state index in [0.29, 0.717) is 23.2 Å². The van der Waals surface area contributed by atoms with E-state index in [1.807, 2.05) is 25.1 Å². The summed E-state index contributed by atoms with van der Waals surface area (Å²) in [6.45, 7) is 4.82. The first kappa shape index (κ1) is 17.8. The molecule has 142 valence electrons. The molecule has 2 aliphatic heterocycles. The highest BCUT2D eigenvalue weighted by atomic mass is 16.1. The van der Waals surface area contributed by atoms with Gasteiger partial charge in [0, 0.05) is 37.1 Å². The molecule has 0 saturated carbocycles. The van der Waals surface area contributed by atoms with Crippen molar-refractivity contribution in [3.05, 3.63) is 41.6 Å². The molecule has 1 fully saturated rings. The van der Waals surface area contributed by atoms with Crippen LogP contribution in [0.1, 0.15) is 48.2 Å². The van der Waals surface area contributed by atoms with Gasteiger partial charge >= 0.3 is 0 Å². The van der Waals surface area contributed by atoms with Crippen LogP contribution < -0.4 is 15.5 Å². The van der Waals surface area contributed by atoms with Crippen molar-refractivity contribution in [2.75, 3.05) is 35.2 Å². The van der Waals surface area contributed by atoms with Crippen molar-refractivity contribution in [3.8, 4) is 0 Å². The lowest BCUT2D eigenvalue weighted by atomic mass is 9.92. The highest BCUT2D eigenvalue weighted by molar-refractivity contribution is 6.07. The number of anilines is 3. The van der Waals surface area contributed by atoms with E-state index in [0.717, 1.165) is 37.4 Å². The van der Waals surface area contributed by atoms with Crippen LogP contribution in [0.2, 0.25) is 0 Å². The molecule has 4 bridgehead atoms. The molecular formula is C21H27N5O. The maximum atomic E-state index is 13.0. The number of carbonyl (C=O) groups excluding carboxylic acids is 1. The summed E-state index contributed by atoms with van der Waals surface area (Å²) < 4.78 is 0. The summed E-state index contributed by atoms with van der Waals surface area (Å²) in [5.41, 5.74) is 2.57. The molecule has 1 atom stereocenters. The Balaban J connectivity index is 1.68. The van der Waals surface area contributed by atoms with E-state index in [1.165, 1.54) is 25.7 Å². The lowest BCUT2D eigenvalue weighted by Crippen LogP contribution is -2.36. The van der Waals surface area contributed by atoms with Gasteiger partial charge in [0.2, 0.25) is 5.95 Å². The number of nitrogens with one attached hydrogen (secondary N) is 2. The van der Waals surface area contributed by atoms with Crippen molar-refractivity contribution < 1.29 is 4.79 Å². The molecule has 0 radical (unpaired) electrons. The molecule has 2 aliphatic rings. The van der Waals surface area contributed by atoms with Crippen LogP contribution >= 0.6 is 0 Å². The number of benzene rings is 1. The first-order valence-corrected chi connectivity index (χ1v) is 9.94. The van der Waals surface area contributed by atoms with E-state index < -0.39 is 0 Å². The van der Waals surface area contributed by atoms with Gasteiger partial charge in [0.15, 0.2) is 0 Å². The molecule has 1 unspecified atom stereocenters. The fraction of sp³-hybridized carbons (Fsp3) is 0.476. The molecule has 1 amide bonds. The summed E-state index contributed by atoms with van der Waals surface area (Å²) in [5.74, 6) is 1.69. The van der Waals surface area contributed by atoms with Gasteiger partial charge in [-0.05, 0) is 50.7 Å². The fourth-order valence-electron chi connectivity index (χ4n) is 4.11. The minimum atomic E-state index is -0.119. The van der Waals surface area contributed by atoms with Crippen LogP contribution in [-0.4, -0.2) is 35.5 Å². The molecule has 1 saturated heterocycles. The van der Waals surface area contributed by atoms with E-state index in [4.69, 9.17) is 0 Å². The van der Waals surface area contributed by atoms with Gasteiger partial charge in [-0.1, -0.05) is 18.6 Å². The van der Waals surface area contributed by atoms with Crippen molar-refractivity contribution in [1.82, 2.24) is 9.97 Å². The molecule has 3 heterocycles. The number of aryl methyl sites for hydroxylation is 1. The third-order valence-electron chi connectivity index (χ3n) is 5.43. The average molecular weight is 365 g/mol. The Kier molecular flexibility index (Phi) is 5.23. The van der Waals surface area contributed by atoms with Crippen LogP contribution in [0, 0.1) is 12.8 Å². The number of carbonyl (C=O) groups is 1. The lowest BCUT2D eigenvalue weighted by molar-refractivity contribution is 0.102. The second-order valence-electron chi connectivity index (χ2n) is 7.57. The van der Waals surface area contributed by atoms with Crippen molar-refractivity contribution in [2.45, 2.75) is 39.0 Å². The molecule has 1 aromatic carbocycles. The fourth-order valence-corrected chi connectivity index (χ4v) is 4.11. The summed E-state index contributed by atoms with van der Waals surface area (Å²) >= 11 is 0. The highest BCUT2D eigenvalue weighted by Crippen LogP contribution is 2.29. The molecule has 0 spiro atoms. The number of rotatable bonds is 0.